The summed E-state index contributed by atoms with van der Waals surface area (Å²) in [6.07, 6.45) is 6.59. The quantitative estimate of drug-likeness (QED) is 0.885. The van der Waals surface area contributed by atoms with Crippen molar-refractivity contribution < 1.29 is 4.79 Å². The first-order valence-corrected chi connectivity index (χ1v) is 8.89. The van der Waals surface area contributed by atoms with Crippen LogP contribution in [0.4, 0.5) is 0 Å². The molecule has 1 saturated carbocycles. The van der Waals surface area contributed by atoms with Crippen molar-refractivity contribution in [3.8, 4) is 6.07 Å². The number of hydrogen-bond acceptors (Lipinski definition) is 4. The molecule has 1 aromatic rings. The maximum atomic E-state index is 12.3. The lowest BCUT2D eigenvalue weighted by atomic mass is 9.94. The first-order valence-electron chi connectivity index (χ1n) is 8.89. The zero-order valence-electron chi connectivity index (χ0n) is 14.6. The maximum Gasteiger partial charge on any atom is 0.223 e. The largest absolute Gasteiger partial charge is 0.404 e. The summed E-state index contributed by atoms with van der Waals surface area (Å²) in [5.41, 5.74) is 10.3. The normalized spacial score (nSPS) is 21.0. The summed E-state index contributed by atoms with van der Waals surface area (Å²) in [6.45, 7) is 2.56. The van der Waals surface area contributed by atoms with Gasteiger partial charge in [-0.15, -0.1) is 0 Å². The Morgan fingerprint density at radius 1 is 1.40 bits per heavy atom. The van der Waals surface area contributed by atoms with E-state index in [1.165, 1.54) is 0 Å². The minimum absolute atomic E-state index is 0.0525. The summed E-state index contributed by atoms with van der Waals surface area (Å²) in [5.74, 6) is 0.348. The first kappa shape index (κ1) is 17.2. The topological polar surface area (TPSA) is 91.3 Å². The Labute approximate surface area is 148 Å². The second-order valence-electron chi connectivity index (χ2n) is 6.90. The Kier molecular flexibility index (Phi) is 5.18. The van der Waals surface area contributed by atoms with E-state index in [0.717, 1.165) is 48.1 Å². The fourth-order valence-electron chi connectivity index (χ4n) is 3.76. The van der Waals surface area contributed by atoms with Crippen molar-refractivity contribution >= 4 is 17.2 Å². The van der Waals surface area contributed by atoms with Gasteiger partial charge in [-0.05, 0) is 43.0 Å². The Balaban J connectivity index is 1.67. The number of carbonyl (C=O) groups excluding carboxylic acids is 1. The Hall–Kier alpha value is -2.61. The predicted molar refractivity (Wildman–Crippen MR) is 98.9 cm³/mol. The molecule has 0 saturated heterocycles. The summed E-state index contributed by atoms with van der Waals surface area (Å²) >= 11 is 0. The van der Waals surface area contributed by atoms with Crippen LogP contribution in [0.3, 0.4) is 0 Å². The molecule has 1 aromatic carbocycles. The average Bonchev–Trinajstić information content (AvgIpc) is 3.29. The zero-order valence-corrected chi connectivity index (χ0v) is 14.6. The minimum atomic E-state index is 0.0525. The van der Waals surface area contributed by atoms with Gasteiger partial charge in [-0.1, -0.05) is 18.9 Å². The average molecular weight is 336 g/mol. The van der Waals surface area contributed by atoms with Crippen molar-refractivity contribution in [2.24, 2.45) is 16.6 Å². The standard InChI is InChI=1S/C20H24N4O/c1-13-8-14(10-21)6-7-17(13)18(11-22)19-9-16(12-23-19)24-20(25)15-4-2-3-5-15/h6-8,11,15-16H,2-5,9,12,22H2,1H3,(H,24,25). The summed E-state index contributed by atoms with van der Waals surface area (Å²) in [7, 11) is 0. The predicted octanol–water partition coefficient (Wildman–Crippen LogP) is 2.69. The smallest absolute Gasteiger partial charge is 0.223 e. The zero-order chi connectivity index (χ0) is 17.8. The van der Waals surface area contributed by atoms with Gasteiger partial charge in [0.25, 0.3) is 0 Å². The molecule has 0 aromatic heterocycles. The van der Waals surface area contributed by atoms with Crippen molar-refractivity contribution in [2.45, 2.75) is 45.1 Å². The van der Waals surface area contributed by atoms with Crippen molar-refractivity contribution in [3.05, 3.63) is 41.1 Å². The van der Waals surface area contributed by atoms with Crippen LogP contribution < -0.4 is 11.1 Å². The number of nitrogens with one attached hydrogen (secondary N) is 1. The van der Waals surface area contributed by atoms with Gasteiger partial charge in [0, 0.05) is 29.8 Å². The van der Waals surface area contributed by atoms with E-state index in [2.05, 4.69) is 16.4 Å². The highest BCUT2D eigenvalue weighted by atomic mass is 16.1. The van der Waals surface area contributed by atoms with Crippen molar-refractivity contribution in [1.82, 2.24) is 5.32 Å². The van der Waals surface area contributed by atoms with E-state index in [-0.39, 0.29) is 17.9 Å². The molecule has 1 fully saturated rings. The molecule has 0 bridgehead atoms. The highest BCUT2D eigenvalue weighted by molar-refractivity contribution is 6.25. The molecular weight excluding hydrogens is 312 g/mol. The van der Waals surface area contributed by atoms with Gasteiger partial charge in [0.1, 0.15) is 0 Å². The SMILES string of the molecule is Cc1cc(C#N)ccc1C(=CN)C1=NCC(NC(=O)C2CCCC2)C1. The molecule has 5 heteroatoms. The molecule has 0 spiro atoms. The van der Waals surface area contributed by atoms with Crippen LogP contribution in [0.15, 0.2) is 29.4 Å². The molecule has 1 unspecified atom stereocenters. The molecule has 1 atom stereocenters. The van der Waals surface area contributed by atoms with Crippen LogP contribution in [0.25, 0.3) is 5.57 Å². The Morgan fingerprint density at radius 3 is 2.80 bits per heavy atom. The second-order valence-corrected chi connectivity index (χ2v) is 6.90. The monoisotopic (exact) mass is 336 g/mol. The van der Waals surface area contributed by atoms with Crippen LogP contribution in [-0.4, -0.2) is 24.2 Å². The van der Waals surface area contributed by atoms with E-state index in [1.807, 2.05) is 19.1 Å². The molecule has 3 rings (SSSR count). The first-order chi connectivity index (χ1) is 12.1. The lowest BCUT2D eigenvalue weighted by Gasteiger charge is -2.16. The molecule has 2 aliphatic rings. The second kappa shape index (κ2) is 7.52. The number of amides is 1. The van der Waals surface area contributed by atoms with E-state index < -0.39 is 0 Å². The molecule has 0 radical (unpaired) electrons. The van der Waals surface area contributed by atoms with Crippen molar-refractivity contribution in [1.29, 1.82) is 5.26 Å². The lowest BCUT2D eigenvalue weighted by molar-refractivity contribution is -0.125. The molecule has 1 heterocycles. The van der Waals surface area contributed by atoms with E-state index >= 15 is 0 Å². The Morgan fingerprint density at radius 2 is 2.16 bits per heavy atom. The third kappa shape index (κ3) is 3.74. The van der Waals surface area contributed by atoms with Crippen molar-refractivity contribution in [3.63, 3.8) is 0 Å². The number of carbonyl (C=O) groups is 1. The third-order valence-corrected chi connectivity index (χ3v) is 5.14. The van der Waals surface area contributed by atoms with Gasteiger partial charge in [-0.3, -0.25) is 9.79 Å². The summed E-state index contributed by atoms with van der Waals surface area (Å²) < 4.78 is 0. The van der Waals surface area contributed by atoms with Gasteiger partial charge in [0.05, 0.1) is 24.2 Å². The van der Waals surface area contributed by atoms with Crippen LogP contribution >= 0.6 is 0 Å². The molecule has 25 heavy (non-hydrogen) atoms. The number of aliphatic imine (C=N–C) groups is 1. The highest BCUT2D eigenvalue weighted by Gasteiger charge is 2.28. The molecule has 1 amide bonds. The van der Waals surface area contributed by atoms with E-state index in [9.17, 15) is 4.79 Å². The molecule has 3 N–H and O–H groups in total. The maximum absolute atomic E-state index is 12.3. The number of benzene rings is 1. The van der Waals surface area contributed by atoms with Gasteiger partial charge < -0.3 is 11.1 Å². The van der Waals surface area contributed by atoms with Gasteiger partial charge >= 0.3 is 0 Å². The molecule has 1 aliphatic heterocycles. The third-order valence-electron chi connectivity index (χ3n) is 5.14. The van der Waals surface area contributed by atoms with E-state index in [0.29, 0.717) is 18.5 Å². The fourth-order valence-corrected chi connectivity index (χ4v) is 3.76. The van der Waals surface area contributed by atoms with Crippen LogP contribution in [-0.2, 0) is 4.79 Å². The van der Waals surface area contributed by atoms with Gasteiger partial charge in [0.15, 0.2) is 0 Å². The molecule has 130 valence electrons. The Bertz CT molecular complexity index is 766. The number of nitriles is 1. The van der Waals surface area contributed by atoms with Gasteiger partial charge in [-0.2, -0.15) is 5.26 Å². The summed E-state index contributed by atoms with van der Waals surface area (Å²) in [6, 6.07) is 7.76. The number of hydrogen-bond donors (Lipinski definition) is 2. The van der Waals surface area contributed by atoms with Crippen LogP contribution in [0.5, 0.6) is 0 Å². The van der Waals surface area contributed by atoms with Crippen LogP contribution in [0.2, 0.25) is 0 Å². The van der Waals surface area contributed by atoms with E-state index in [1.54, 1.807) is 12.3 Å². The molecular formula is C20H24N4O. The minimum Gasteiger partial charge on any atom is -0.404 e. The number of rotatable bonds is 4. The van der Waals surface area contributed by atoms with Crippen molar-refractivity contribution in [2.75, 3.05) is 6.54 Å². The summed E-state index contributed by atoms with van der Waals surface area (Å²) in [5, 5.41) is 12.2. The number of nitrogens with two attached hydrogens (primary N) is 1. The van der Waals surface area contributed by atoms with Crippen LogP contribution in [0, 0.1) is 24.2 Å². The number of allylic oxidation sites excluding steroid dienone is 1. The van der Waals surface area contributed by atoms with Gasteiger partial charge in [-0.25, -0.2) is 0 Å². The lowest BCUT2D eigenvalue weighted by Crippen LogP contribution is -2.39. The highest BCUT2D eigenvalue weighted by Crippen LogP contribution is 2.27. The summed E-state index contributed by atoms with van der Waals surface area (Å²) in [4.78, 5) is 16.9. The van der Waals surface area contributed by atoms with Crippen LogP contribution in [0.1, 0.15) is 48.8 Å². The number of nitrogens with zero attached hydrogens (tertiary/aromatic N) is 2. The molecule has 1 aliphatic carbocycles. The van der Waals surface area contributed by atoms with Gasteiger partial charge in [0.2, 0.25) is 5.91 Å². The number of aryl methyl sites for hydroxylation is 1. The molecule has 5 nitrogen and oxygen atoms in total. The van der Waals surface area contributed by atoms with E-state index in [4.69, 9.17) is 11.0 Å². The fraction of sp³-hybridized carbons (Fsp3) is 0.450.